The Bertz CT molecular complexity index is 4430. The minimum absolute atomic E-state index is 0.127. The fourth-order valence-corrected chi connectivity index (χ4v) is 20.9. The number of phenols is 2. The molecule has 718 valence electrons. The van der Waals surface area contributed by atoms with Gasteiger partial charge in [0.15, 0.2) is 0 Å². The second-order valence-corrected chi connectivity index (χ2v) is 43.1. The van der Waals surface area contributed by atoms with Crippen molar-refractivity contribution in [2.24, 2.45) is 81.8 Å². The van der Waals surface area contributed by atoms with E-state index >= 15 is 0 Å². The van der Waals surface area contributed by atoms with E-state index in [-0.39, 0.29) is 24.5 Å². The molecule has 131 heavy (non-hydrogen) atoms. The first-order valence-corrected chi connectivity index (χ1v) is 51.5. The van der Waals surface area contributed by atoms with Gasteiger partial charge in [-0.3, -0.25) is 9.59 Å². The van der Waals surface area contributed by atoms with Crippen LogP contribution in [0.3, 0.4) is 0 Å². The SMILES string of the molecule is CC1Cc2ccccc2C1C.CC1Cc2ccccc2C1C.CCC(C)(C)C(=O)OC(C)(C)c1ccccc1.CCC(C)(C)C(=O)OC(C)(CC)c1ccccc1.CCC(C)c1ccc(O)cc1.CCC(C)c1ccc(O)cc1.CCC(C)c1ccc(OC(OC2CC3CC2C2CCCC32)C(C)C)cc1.CCC(C)c1ccc(OC(OC2CC3CC2C2CCCC32)C(C)C)cc1. The average molecular weight is 1790 g/mol. The number of carbonyl (C=O) groups is 2. The average Bonchev–Trinajstić information content (AvgIpc) is 1.60. The van der Waals surface area contributed by atoms with E-state index in [0.717, 1.165) is 126 Å². The topological polar surface area (TPSA) is 130 Å². The van der Waals surface area contributed by atoms with Gasteiger partial charge in [0.05, 0.1) is 23.0 Å². The summed E-state index contributed by atoms with van der Waals surface area (Å²) in [6, 6.07) is 69.6. The summed E-state index contributed by atoms with van der Waals surface area (Å²) in [6.07, 6.45) is 24.2. The fourth-order valence-electron chi connectivity index (χ4n) is 20.9. The first-order valence-electron chi connectivity index (χ1n) is 51.5. The van der Waals surface area contributed by atoms with Crippen LogP contribution in [0, 0.1) is 81.8 Å². The highest BCUT2D eigenvalue weighted by Crippen LogP contribution is 2.61. The molecular weight excluding hydrogens is 1610 g/mol. The molecule has 6 saturated carbocycles. The smallest absolute Gasteiger partial charge is 0.312 e. The Hall–Kier alpha value is -8.18. The number of benzene rings is 8. The highest BCUT2D eigenvalue weighted by atomic mass is 16.7. The zero-order valence-corrected chi connectivity index (χ0v) is 85.9. The number of fused-ring (bicyclic) bond motifs is 12. The van der Waals surface area contributed by atoms with E-state index in [9.17, 15) is 9.59 Å². The molecule has 10 nitrogen and oxygen atoms in total. The molecule has 0 heterocycles. The molecule has 0 aliphatic heterocycles. The van der Waals surface area contributed by atoms with Crippen LogP contribution in [-0.2, 0) is 52.6 Å². The van der Waals surface area contributed by atoms with Gasteiger partial charge in [0.2, 0.25) is 12.6 Å². The number of phenolic OH excluding ortho intramolecular Hbond substituents is 2. The Morgan fingerprint density at radius 2 is 0.672 bits per heavy atom. The van der Waals surface area contributed by atoms with Gasteiger partial charge in [0.1, 0.15) is 34.2 Å². The van der Waals surface area contributed by atoms with Gasteiger partial charge in [-0.1, -0.05) is 302 Å². The zero-order valence-electron chi connectivity index (χ0n) is 85.9. The van der Waals surface area contributed by atoms with Crippen molar-refractivity contribution in [2.45, 2.75) is 374 Å². The van der Waals surface area contributed by atoms with E-state index in [1.165, 1.54) is 112 Å². The van der Waals surface area contributed by atoms with Crippen LogP contribution in [0.2, 0.25) is 0 Å². The molecule has 0 aromatic heterocycles. The molecule has 8 aliphatic rings. The Balaban J connectivity index is 0.000000173. The van der Waals surface area contributed by atoms with Gasteiger partial charge in [-0.25, -0.2) is 0 Å². The molecule has 0 spiro atoms. The van der Waals surface area contributed by atoms with E-state index in [1.54, 1.807) is 46.5 Å². The molecule has 21 unspecified atom stereocenters. The van der Waals surface area contributed by atoms with Gasteiger partial charge in [-0.05, 0) is 356 Å². The van der Waals surface area contributed by atoms with Gasteiger partial charge in [-0.2, -0.15) is 0 Å². The maximum absolute atomic E-state index is 12.2. The van der Waals surface area contributed by atoms with Crippen molar-refractivity contribution in [3.63, 3.8) is 0 Å². The molecule has 0 saturated heterocycles. The molecule has 8 aliphatic carbocycles. The quantitative estimate of drug-likeness (QED) is 0.0379. The summed E-state index contributed by atoms with van der Waals surface area (Å²) < 4.78 is 37.2. The van der Waals surface area contributed by atoms with E-state index in [2.05, 4.69) is 208 Å². The van der Waals surface area contributed by atoms with Crippen LogP contribution in [0.5, 0.6) is 23.0 Å². The van der Waals surface area contributed by atoms with Crippen molar-refractivity contribution < 1.29 is 48.2 Å². The molecule has 16 rings (SSSR count). The van der Waals surface area contributed by atoms with Crippen LogP contribution in [0.4, 0.5) is 0 Å². The molecule has 8 aromatic carbocycles. The number of esters is 2. The van der Waals surface area contributed by atoms with E-state index in [0.29, 0.717) is 59.2 Å². The highest BCUT2D eigenvalue weighted by molar-refractivity contribution is 5.77. The molecule has 8 aromatic rings. The molecule has 4 bridgehead atoms. The van der Waals surface area contributed by atoms with Gasteiger partial charge in [-0.15, -0.1) is 0 Å². The fraction of sp³-hybridized carbons (Fsp3) is 0.587. The van der Waals surface area contributed by atoms with Crippen LogP contribution in [-0.4, -0.2) is 46.9 Å². The minimum atomic E-state index is -0.579. The Morgan fingerprint density at radius 3 is 0.992 bits per heavy atom. The number of ether oxygens (including phenoxy) is 6. The summed E-state index contributed by atoms with van der Waals surface area (Å²) >= 11 is 0. The maximum atomic E-state index is 12.2. The molecule has 2 N–H and O–H groups in total. The van der Waals surface area contributed by atoms with Gasteiger partial charge >= 0.3 is 11.9 Å². The van der Waals surface area contributed by atoms with E-state index < -0.39 is 22.0 Å². The largest absolute Gasteiger partial charge is 0.508 e. The Labute approximate surface area is 795 Å². The monoisotopic (exact) mass is 1790 g/mol. The minimum Gasteiger partial charge on any atom is -0.508 e. The van der Waals surface area contributed by atoms with Gasteiger partial charge < -0.3 is 38.6 Å². The summed E-state index contributed by atoms with van der Waals surface area (Å²) in [4.78, 5) is 24.3. The first kappa shape index (κ1) is 107. The van der Waals surface area contributed by atoms with Crippen molar-refractivity contribution in [3.05, 3.63) is 262 Å². The predicted octanol–water partition coefficient (Wildman–Crippen LogP) is 32.8. The number of hydrogen-bond acceptors (Lipinski definition) is 10. The van der Waals surface area contributed by atoms with Crippen molar-refractivity contribution in [1.29, 1.82) is 0 Å². The summed E-state index contributed by atoms with van der Waals surface area (Å²) in [7, 11) is 0. The normalized spacial score (nSPS) is 24.5. The number of rotatable bonds is 27. The van der Waals surface area contributed by atoms with E-state index in [1.807, 2.05) is 154 Å². The van der Waals surface area contributed by atoms with Crippen LogP contribution in [0.1, 0.15) is 380 Å². The number of hydrogen-bond donors (Lipinski definition) is 2. The van der Waals surface area contributed by atoms with Gasteiger partial charge in [0, 0.05) is 11.8 Å². The predicted molar refractivity (Wildman–Crippen MR) is 546 cm³/mol. The van der Waals surface area contributed by atoms with Crippen molar-refractivity contribution in [3.8, 4) is 23.0 Å². The number of carbonyl (C=O) groups excluding carboxylic acids is 2. The molecule has 21 atom stereocenters. The molecule has 6 fully saturated rings. The lowest BCUT2D eigenvalue weighted by molar-refractivity contribution is -0.171. The molecule has 0 amide bonds. The molecule has 0 radical (unpaired) electrons. The van der Waals surface area contributed by atoms with E-state index in [4.69, 9.17) is 38.6 Å². The third kappa shape index (κ3) is 29.2. The van der Waals surface area contributed by atoms with Crippen LogP contribution >= 0.6 is 0 Å². The van der Waals surface area contributed by atoms with Crippen molar-refractivity contribution >= 4 is 11.9 Å². The number of aromatic hydroxyl groups is 2. The maximum Gasteiger partial charge on any atom is 0.312 e. The third-order valence-electron chi connectivity index (χ3n) is 32.2. The van der Waals surface area contributed by atoms with Gasteiger partial charge in [0.25, 0.3) is 0 Å². The molecular formula is C121H174O10. The third-order valence-corrected chi connectivity index (χ3v) is 32.2. The second kappa shape index (κ2) is 49.9. The summed E-state index contributed by atoms with van der Waals surface area (Å²) in [5.41, 5.74) is 11.7. The van der Waals surface area contributed by atoms with Crippen LogP contribution < -0.4 is 9.47 Å². The summed E-state index contributed by atoms with van der Waals surface area (Å²) in [5, 5.41) is 18.0. The van der Waals surface area contributed by atoms with Crippen LogP contribution in [0.25, 0.3) is 0 Å². The Morgan fingerprint density at radius 1 is 0.359 bits per heavy atom. The zero-order chi connectivity index (χ0) is 95.7. The lowest BCUT2D eigenvalue weighted by Crippen LogP contribution is -2.37. The standard InChI is InChI=1S/2C24H36O2.C16H24O2.C15H22O2.2C11H14.2C10H14O/c2*1-5-16(4)17-9-11-19(12-10-17)25-24(15(2)3)26-23-14-18-13-22(23)21-8-6-7-20(18)21;1-6-15(3,4)14(17)18-16(5,7-2)13-11-9-8-10-12-13;1-6-14(2,3)13(16)17-15(4,5)12-10-8-7-9-11-12;2*1-8-7-10-5-3-4-6-11(10)9(8)2;2*1-3-8(2)9-4-6-10(11)7-5-9/h2*9-12,15-16,18,20-24H,5-8,13-14H2,1-4H3;8-12H,6-7H2,1-5H3;7-11H,6H2,1-5H3;2*3-6,8-9H,7H2,1-2H3;2*4-8,11H,3H2,1-2H3. The van der Waals surface area contributed by atoms with Crippen molar-refractivity contribution in [1.82, 2.24) is 0 Å². The lowest BCUT2D eigenvalue weighted by atomic mass is 9.80. The summed E-state index contributed by atoms with van der Waals surface area (Å²) in [6.45, 7) is 55.5. The second-order valence-electron chi connectivity index (χ2n) is 43.1. The highest BCUT2D eigenvalue weighted by Gasteiger charge is 2.56. The van der Waals surface area contributed by atoms with Crippen molar-refractivity contribution in [2.75, 3.05) is 0 Å². The Kier molecular flexibility index (Phi) is 40.5. The summed E-state index contributed by atoms with van der Waals surface area (Å²) in [5.74, 6) is 16.0. The first-order chi connectivity index (χ1) is 62.3. The molecule has 10 heteroatoms. The lowest BCUT2D eigenvalue weighted by Gasteiger charge is -2.35. The van der Waals surface area contributed by atoms with Crippen LogP contribution in [0.15, 0.2) is 206 Å².